The van der Waals surface area contributed by atoms with Crippen LogP contribution in [0.4, 0.5) is 15.8 Å². The van der Waals surface area contributed by atoms with Crippen molar-refractivity contribution in [2.75, 3.05) is 16.7 Å². The third-order valence-electron chi connectivity index (χ3n) is 4.99. The molecule has 0 bridgehead atoms. The molecule has 6 nitrogen and oxygen atoms in total. The highest BCUT2D eigenvalue weighted by Gasteiger charge is 2.22. The van der Waals surface area contributed by atoms with Crippen LogP contribution in [0.5, 0.6) is 0 Å². The molecule has 31 heavy (non-hydrogen) atoms. The van der Waals surface area contributed by atoms with E-state index in [1.54, 1.807) is 31.2 Å². The fourth-order valence-corrected chi connectivity index (χ4v) is 4.44. The summed E-state index contributed by atoms with van der Waals surface area (Å²) in [6.45, 7) is 1.68. The Morgan fingerprint density at radius 2 is 1.68 bits per heavy atom. The molecule has 0 unspecified atom stereocenters. The highest BCUT2D eigenvalue weighted by Crippen LogP contribution is 2.27. The molecule has 0 fully saturated rings. The van der Waals surface area contributed by atoms with Crippen LogP contribution in [0.1, 0.15) is 16.1 Å². The summed E-state index contributed by atoms with van der Waals surface area (Å²) >= 11 is 0. The molecule has 8 heteroatoms. The van der Waals surface area contributed by atoms with E-state index in [9.17, 15) is 17.6 Å². The zero-order chi connectivity index (χ0) is 22.2. The smallest absolute Gasteiger partial charge is 0.291 e. The van der Waals surface area contributed by atoms with Crippen LogP contribution in [-0.2, 0) is 10.0 Å². The van der Waals surface area contributed by atoms with E-state index in [2.05, 4.69) is 5.32 Å². The minimum absolute atomic E-state index is 0.0705. The predicted octanol–water partition coefficient (Wildman–Crippen LogP) is 4.96. The average molecular weight is 438 g/mol. The minimum Gasteiger partial charge on any atom is -0.451 e. The van der Waals surface area contributed by atoms with Crippen molar-refractivity contribution in [2.45, 2.75) is 11.8 Å². The summed E-state index contributed by atoms with van der Waals surface area (Å²) in [7, 11) is -2.27. The minimum atomic E-state index is -3.75. The van der Waals surface area contributed by atoms with Gasteiger partial charge < -0.3 is 9.73 Å². The van der Waals surface area contributed by atoms with Crippen LogP contribution < -0.4 is 9.62 Å². The van der Waals surface area contributed by atoms with E-state index in [-0.39, 0.29) is 10.7 Å². The van der Waals surface area contributed by atoms with Crippen LogP contribution in [0.25, 0.3) is 11.0 Å². The van der Waals surface area contributed by atoms with Gasteiger partial charge in [-0.25, -0.2) is 12.8 Å². The lowest BCUT2D eigenvalue weighted by molar-refractivity contribution is 0.0998. The van der Waals surface area contributed by atoms with Crippen molar-refractivity contribution in [1.29, 1.82) is 0 Å². The molecule has 1 aromatic heterocycles. The summed E-state index contributed by atoms with van der Waals surface area (Å²) in [6, 6.07) is 18.6. The quantitative estimate of drug-likeness (QED) is 0.478. The number of halogens is 1. The molecule has 0 radical (unpaired) electrons. The van der Waals surface area contributed by atoms with Gasteiger partial charge in [0.2, 0.25) is 0 Å². The monoisotopic (exact) mass is 438 g/mol. The highest BCUT2D eigenvalue weighted by molar-refractivity contribution is 7.92. The van der Waals surface area contributed by atoms with Crippen LogP contribution in [0.3, 0.4) is 0 Å². The molecule has 1 N–H and O–H groups in total. The lowest BCUT2D eigenvalue weighted by Crippen LogP contribution is -2.26. The van der Waals surface area contributed by atoms with Crippen LogP contribution in [0, 0.1) is 12.7 Å². The number of carbonyl (C=O) groups excluding carboxylic acids is 1. The number of fused-ring (bicyclic) bond motifs is 1. The fourth-order valence-electron chi connectivity index (χ4n) is 3.24. The Kier molecular flexibility index (Phi) is 5.24. The molecule has 3 aromatic carbocycles. The van der Waals surface area contributed by atoms with E-state index in [1.807, 2.05) is 6.07 Å². The molecule has 0 aliphatic carbocycles. The van der Waals surface area contributed by atoms with Crippen LogP contribution in [-0.4, -0.2) is 21.4 Å². The second kappa shape index (κ2) is 7.88. The molecular weight excluding hydrogens is 419 g/mol. The van der Waals surface area contributed by atoms with Gasteiger partial charge in [0.05, 0.1) is 10.6 Å². The van der Waals surface area contributed by atoms with Crippen molar-refractivity contribution >= 4 is 38.3 Å². The normalized spacial score (nSPS) is 11.5. The van der Waals surface area contributed by atoms with Crippen molar-refractivity contribution in [3.05, 3.63) is 89.9 Å². The summed E-state index contributed by atoms with van der Waals surface area (Å²) in [6.07, 6.45) is 0. The molecule has 0 aliphatic rings. The first-order valence-electron chi connectivity index (χ1n) is 9.41. The Morgan fingerprint density at radius 3 is 2.35 bits per heavy atom. The number of para-hydroxylation sites is 1. The largest absolute Gasteiger partial charge is 0.451 e. The van der Waals surface area contributed by atoms with Crippen molar-refractivity contribution in [2.24, 2.45) is 0 Å². The highest BCUT2D eigenvalue weighted by atomic mass is 32.2. The summed E-state index contributed by atoms with van der Waals surface area (Å²) < 4.78 is 45.9. The lowest BCUT2D eigenvalue weighted by Gasteiger charge is -2.19. The SMILES string of the molecule is Cc1c(C(=O)Nc2ccc(S(=O)(=O)N(C)c3ccccc3)cc2)oc2ccc(F)cc12. The van der Waals surface area contributed by atoms with Crippen molar-refractivity contribution in [3.8, 4) is 0 Å². The molecule has 4 rings (SSSR count). The Bertz CT molecular complexity index is 1360. The van der Waals surface area contributed by atoms with Gasteiger partial charge >= 0.3 is 0 Å². The fraction of sp³-hybridized carbons (Fsp3) is 0.0870. The first-order valence-corrected chi connectivity index (χ1v) is 10.9. The molecular formula is C23H19FN2O4S. The second-order valence-electron chi connectivity index (χ2n) is 6.98. The first-order chi connectivity index (χ1) is 14.8. The predicted molar refractivity (Wildman–Crippen MR) is 117 cm³/mol. The number of amides is 1. The number of benzene rings is 3. The molecule has 0 spiro atoms. The van der Waals surface area contributed by atoms with Gasteiger partial charge in [0, 0.05) is 23.7 Å². The topological polar surface area (TPSA) is 79.6 Å². The third-order valence-corrected chi connectivity index (χ3v) is 6.79. The van der Waals surface area contributed by atoms with E-state index in [0.717, 1.165) is 0 Å². The molecule has 1 heterocycles. The molecule has 0 aliphatic heterocycles. The lowest BCUT2D eigenvalue weighted by atomic mass is 10.1. The standard InChI is InChI=1S/C23H19FN2O4S/c1-15-20-14-16(24)8-13-21(20)30-22(15)23(27)25-17-9-11-19(12-10-17)31(28,29)26(2)18-6-4-3-5-7-18/h3-14H,1-2H3,(H,25,27). The van der Waals surface area contributed by atoms with Gasteiger partial charge in [0.1, 0.15) is 11.4 Å². The molecule has 4 aromatic rings. The Hall–Kier alpha value is -3.65. The zero-order valence-corrected chi connectivity index (χ0v) is 17.6. The van der Waals surface area contributed by atoms with Gasteiger partial charge in [-0.05, 0) is 61.5 Å². The van der Waals surface area contributed by atoms with Gasteiger partial charge in [-0.15, -0.1) is 0 Å². The zero-order valence-electron chi connectivity index (χ0n) is 16.8. The molecule has 0 saturated carbocycles. The Morgan fingerprint density at radius 1 is 1.00 bits per heavy atom. The molecule has 0 atom stereocenters. The van der Waals surface area contributed by atoms with Gasteiger partial charge in [0.25, 0.3) is 15.9 Å². The second-order valence-corrected chi connectivity index (χ2v) is 8.95. The summed E-state index contributed by atoms with van der Waals surface area (Å²) in [5.41, 5.74) is 1.87. The van der Waals surface area contributed by atoms with Crippen LogP contribution >= 0.6 is 0 Å². The third kappa shape index (κ3) is 3.89. The van der Waals surface area contributed by atoms with E-state index in [0.29, 0.717) is 27.9 Å². The number of aryl methyl sites for hydroxylation is 1. The number of nitrogens with one attached hydrogen (secondary N) is 1. The Labute approximate surface area is 179 Å². The number of hydrogen-bond acceptors (Lipinski definition) is 4. The number of carbonyl (C=O) groups is 1. The van der Waals surface area contributed by atoms with Gasteiger partial charge in [-0.2, -0.15) is 0 Å². The number of hydrogen-bond donors (Lipinski definition) is 1. The number of anilines is 2. The number of furan rings is 1. The van der Waals surface area contributed by atoms with E-state index in [1.165, 1.54) is 53.8 Å². The molecule has 1 amide bonds. The summed E-state index contributed by atoms with van der Waals surface area (Å²) in [4.78, 5) is 12.7. The first kappa shape index (κ1) is 20.6. The van der Waals surface area contributed by atoms with Crippen LogP contribution in [0.15, 0.2) is 82.1 Å². The number of rotatable bonds is 5. The maximum absolute atomic E-state index is 13.5. The van der Waals surface area contributed by atoms with Gasteiger partial charge in [-0.1, -0.05) is 18.2 Å². The van der Waals surface area contributed by atoms with E-state index in [4.69, 9.17) is 4.42 Å². The summed E-state index contributed by atoms with van der Waals surface area (Å²) in [5, 5.41) is 3.20. The van der Waals surface area contributed by atoms with Crippen molar-refractivity contribution in [3.63, 3.8) is 0 Å². The average Bonchev–Trinajstić information content (AvgIpc) is 3.10. The van der Waals surface area contributed by atoms with Crippen molar-refractivity contribution < 1.29 is 22.0 Å². The van der Waals surface area contributed by atoms with Gasteiger partial charge in [0.15, 0.2) is 5.76 Å². The number of sulfonamides is 1. The van der Waals surface area contributed by atoms with Crippen LogP contribution in [0.2, 0.25) is 0 Å². The van der Waals surface area contributed by atoms with E-state index >= 15 is 0 Å². The summed E-state index contributed by atoms with van der Waals surface area (Å²) in [5.74, 6) is -0.854. The van der Waals surface area contributed by atoms with Gasteiger partial charge in [-0.3, -0.25) is 9.10 Å². The van der Waals surface area contributed by atoms with Crippen molar-refractivity contribution in [1.82, 2.24) is 0 Å². The Balaban J connectivity index is 1.55. The molecule has 158 valence electrons. The van der Waals surface area contributed by atoms with E-state index < -0.39 is 21.7 Å². The number of nitrogens with zero attached hydrogens (tertiary/aromatic N) is 1. The molecule has 0 saturated heterocycles. The maximum Gasteiger partial charge on any atom is 0.291 e. The maximum atomic E-state index is 13.5.